The number of hydrogen-bond acceptors (Lipinski definition) is 2. The van der Waals surface area contributed by atoms with Crippen LogP contribution in [0.2, 0.25) is 0 Å². The van der Waals surface area contributed by atoms with Crippen LogP contribution >= 0.6 is 15.9 Å². The van der Waals surface area contributed by atoms with Crippen molar-refractivity contribution in [3.8, 4) is 5.75 Å². The molecule has 0 heterocycles. The first kappa shape index (κ1) is 15.6. The molecule has 0 saturated heterocycles. The average Bonchev–Trinajstić information content (AvgIpc) is 2.48. The average molecular weight is 348 g/mol. The van der Waals surface area contributed by atoms with E-state index in [9.17, 15) is 4.79 Å². The Hall–Kier alpha value is -1.81. The zero-order valence-corrected chi connectivity index (χ0v) is 13.9. The summed E-state index contributed by atoms with van der Waals surface area (Å²) in [6.07, 6.45) is 0. The van der Waals surface area contributed by atoms with E-state index in [1.54, 1.807) is 13.2 Å². The van der Waals surface area contributed by atoms with Gasteiger partial charge in [0.25, 0.3) is 5.91 Å². The molecule has 0 bridgehead atoms. The molecule has 0 aliphatic carbocycles. The van der Waals surface area contributed by atoms with E-state index >= 15 is 0 Å². The van der Waals surface area contributed by atoms with E-state index in [4.69, 9.17) is 4.74 Å². The van der Waals surface area contributed by atoms with Gasteiger partial charge in [-0.3, -0.25) is 4.79 Å². The zero-order chi connectivity index (χ0) is 15.4. The van der Waals surface area contributed by atoms with Crippen molar-refractivity contribution < 1.29 is 9.53 Å². The van der Waals surface area contributed by atoms with Crippen molar-refractivity contribution in [3.05, 3.63) is 63.6 Å². The van der Waals surface area contributed by atoms with Crippen LogP contribution in [0.1, 0.15) is 34.5 Å². The zero-order valence-electron chi connectivity index (χ0n) is 12.3. The van der Waals surface area contributed by atoms with Crippen LogP contribution in [-0.2, 0) is 0 Å². The molecule has 2 aromatic carbocycles. The van der Waals surface area contributed by atoms with Crippen molar-refractivity contribution in [3.63, 3.8) is 0 Å². The second-order valence-electron chi connectivity index (χ2n) is 4.90. The first-order valence-electron chi connectivity index (χ1n) is 6.73. The van der Waals surface area contributed by atoms with Crippen LogP contribution in [0.15, 0.2) is 46.9 Å². The van der Waals surface area contributed by atoms with Gasteiger partial charge in [-0.15, -0.1) is 0 Å². The molecule has 1 N–H and O–H groups in total. The second-order valence-corrected chi connectivity index (χ2v) is 5.75. The standard InChI is InChI=1S/C17H18BrNO2/c1-11-6-4-5-7-14(11)12(2)19-17(20)15-10-13(21-3)8-9-16(15)18/h4-10,12H,1-3H3,(H,19,20). The number of methoxy groups -OCH3 is 1. The van der Waals surface area contributed by atoms with Gasteiger partial charge in [-0.1, -0.05) is 24.3 Å². The lowest BCUT2D eigenvalue weighted by atomic mass is 10.0. The first-order chi connectivity index (χ1) is 10.0. The van der Waals surface area contributed by atoms with E-state index < -0.39 is 0 Å². The van der Waals surface area contributed by atoms with Gasteiger partial charge in [0.05, 0.1) is 18.7 Å². The Balaban J connectivity index is 2.20. The second kappa shape index (κ2) is 6.76. The first-order valence-corrected chi connectivity index (χ1v) is 7.52. The summed E-state index contributed by atoms with van der Waals surface area (Å²) in [5, 5.41) is 3.02. The van der Waals surface area contributed by atoms with Crippen molar-refractivity contribution in [2.75, 3.05) is 7.11 Å². The summed E-state index contributed by atoms with van der Waals surface area (Å²) >= 11 is 3.40. The lowest BCUT2D eigenvalue weighted by molar-refractivity contribution is 0.0938. The lowest BCUT2D eigenvalue weighted by Crippen LogP contribution is -2.27. The molecule has 0 radical (unpaired) electrons. The van der Waals surface area contributed by atoms with E-state index in [0.29, 0.717) is 11.3 Å². The fraction of sp³-hybridized carbons (Fsp3) is 0.235. The molecule has 4 heteroatoms. The van der Waals surface area contributed by atoms with Gasteiger partial charge >= 0.3 is 0 Å². The minimum atomic E-state index is -0.128. The van der Waals surface area contributed by atoms with Crippen LogP contribution in [-0.4, -0.2) is 13.0 Å². The van der Waals surface area contributed by atoms with E-state index in [0.717, 1.165) is 15.6 Å². The van der Waals surface area contributed by atoms with E-state index in [1.807, 2.05) is 50.2 Å². The van der Waals surface area contributed by atoms with Gasteiger partial charge in [-0.25, -0.2) is 0 Å². The Morgan fingerprint density at radius 2 is 1.95 bits per heavy atom. The number of ether oxygens (including phenoxy) is 1. The number of nitrogens with one attached hydrogen (secondary N) is 1. The molecule has 0 aliphatic rings. The minimum Gasteiger partial charge on any atom is -0.497 e. The van der Waals surface area contributed by atoms with Crippen molar-refractivity contribution in [1.29, 1.82) is 0 Å². The van der Waals surface area contributed by atoms with Gasteiger partial charge in [0, 0.05) is 4.47 Å². The molecule has 3 nitrogen and oxygen atoms in total. The highest BCUT2D eigenvalue weighted by Gasteiger charge is 2.15. The maximum Gasteiger partial charge on any atom is 0.253 e. The van der Waals surface area contributed by atoms with Gasteiger partial charge in [-0.2, -0.15) is 0 Å². The molecule has 0 fully saturated rings. The molecular weight excluding hydrogens is 330 g/mol. The highest BCUT2D eigenvalue weighted by atomic mass is 79.9. The quantitative estimate of drug-likeness (QED) is 0.897. The molecule has 21 heavy (non-hydrogen) atoms. The number of hydrogen-bond donors (Lipinski definition) is 1. The van der Waals surface area contributed by atoms with Crippen LogP contribution in [0, 0.1) is 6.92 Å². The van der Waals surface area contributed by atoms with Gasteiger partial charge < -0.3 is 10.1 Å². The van der Waals surface area contributed by atoms with Gasteiger partial charge in [0.2, 0.25) is 0 Å². The Morgan fingerprint density at radius 1 is 1.24 bits per heavy atom. The smallest absolute Gasteiger partial charge is 0.253 e. The minimum absolute atomic E-state index is 0.0585. The summed E-state index contributed by atoms with van der Waals surface area (Å²) in [4.78, 5) is 12.4. The highest BCUT2D eigenvalue weighted by Crippen LogP contribution is 2.24. The molecule has 110 valence electrons. The monoisotopic (exact) mass is 347 g/mol. The predicted molar refractivity (Wildman–Crippen MR) is 87.8 cm³/mol. The van der Waals surface area contributed by atoms with Gasteiger partial charge in [0.15, 0.2) is 0 Å². The van der Waals surface area contributed by atoms with Crippen LogP contribution in [0.3, 0.4) is 0 Å². The maximum atomic E-state index is 12.4. The Morgan fingerprint density at radius 3 is 2.62 bits per heavy atom. The number of carbonyl (C=O) groups is 1. The van der Waals surface area contributed by atoms with Gasteiger partial charge in [0.1, 0.15) is 5.75 Å². The molecular formula is C17H18BrNO2. The Labute approximate surface area is 133 Å². The van der Waals surface area contributed by atoms with E-state index in [2.05, 4.69) is 21.2 Å². The molecule has 0 spiro atoms. The van der Waals surface area contributed by atoms with Crippen molar-refractivity contribution in [1.82, 2.24) is 5.32 Å². The lowest BCUT2D eigenvalue weighted by Gasteiger charge is -2.17. The molecule has 1 amide bonds. The fourth-order valence-corrected chi connectivity index (χ4v) is 2.66. The van der Waals surface area contributed by atoms with E-state index in [-0.39, 0.29) is 11.9 Å². The van der Waals surface area contributed by atoms with Gasteiger partial charge in [-0.05, 0) is 59.1 Å². The van der Waals surface area contributed by atoms with Crippen LogP contribution in [0.25, 0.3) is 0 Å². The number of halogens is 1. The third-order valence-electron chi connectivity index (χ3n) is 3.42. The molecule has 1 atom stereocenters. The molecule has 1 unspecified atom stereocenters. The molecule has 0 aliphatic heterocycles. The summed E-state index contributed by atoms with van der Waals surface area (Å²) in [5.74, 6) is 0.531. The predicted octanol–water partition coefficient (Wildman–Crippen LogP) is 4.26. The Kier molecular flexibility index (Phi) is 5.02. The third-order valence-corrected chi connectivity index (χ3v) is 4.11. The van der Waals surface area contributed by atoms with Crippen LogP contribution < -0.4 is 10.1 Å². The maximum absolute atomic E-state index is 12.4. The SMILES string of the molecule is COc1ccc(Br)c(C(=O)NC(C)c2ccccc2C)c1. The fourth-order valence-electron chi connectivity index (χ4n) is 2.23. The summed E-state index contributed by atoms with van der Waals surface area (Å²) in [7, 11) is 1.58. The topological polar surface area (TPSA) is 38.3 Å². The molecule has 0 saturated carbocycles. The number of benzene rings is 2. The Bertz CT molecular complexity index is 655. The van der Waals surface area contributed by atoms with Crippen molar-refractivity contribution >= 4 is 21.8 Å². The largest absolute Gasteiger partial charge is 0.497 e. The van der Waals surface area contributed by atoms with Crippen LogP contribution in [0.4, 0.5) is 0 Å². The third kappa shape index (κ3) is 3.64. The molecule has 0 aromatic heterocycles. The summed E-state index contributed by atoms with van der Waals surface area (Å²) in [6, 6.07) is 13.3. The number of carbonyl (C=O) groups excluding carboxylic acids is 1. The number of amides is 1. The van der Waals surface area contributed by atoms with Crippen LogP contribution in [0.5, 0.6) is 5.75 Å². The van der Waals surface area contributed by atoms with E-state index in [1.165, 1.54) is 0 Å². The number of rotatable bonds is 4. The van der Waals surface area contributed by atoms with Crippen molar-refractivity contribution in [2.24, 2.45) is 0 Å². The molecule has 2 rings (SSSR count). The summed E-state index contributed by atoms with van der Waals surface area (Å²) < 4.78 is 5.92. The highest BCUT2D eigenvalue weighted by molar-refractivity contribution is 9.10. The normalized spacial score (nSPS) is 11.8. The number of aryl methyl sites for hydroxylation is 1. The van der Waals surface area contributed by atoms with Crippen molar-refractivity contribution in [2.45, 2.75) is 19.9 Å². The summed E-state index contributed by atoms with van der Waals surface area (Å²) in [5.41, 5.74) is 2.84. The molecule has 2 aromatic rings. The summed E-state index contributed by atoms with van der Waals surface area (Å²) in [6.45, 7) is 4.02.